The largest absolute Gasteiger partial charge is 0.399 e. The number of hydrogen-bond acceptors (Lipinski definition) is 4. The highest BCUT2D eigenvalue weighted by atomic mass is 35.5. The molecule has 110 valence electrons. The molecule has 7 heteroatoms. The average Bonchev–Trinajstić information content (AvgIpc) is 3.01. The Morgan fingerprint density at radius 2 is 2.24 bits per heavy atom. The molecule has 1 aliphatic rings. The van der Waals surface area contributed by atoms with Gasteiger partial charge in [-0.2, -0.15) is 0 Å². The van der Waals surface area contributed by atoms with Crippen molar-refractivity contribution in [1.82, 2.24) is 19.7 Å². The van der Waals surface area contributed by atoms with Gasteiger partial charge < -0.3 is 15.2 Å². The monoisotopic (exact) mass is 305 g/mol. The van der Waals surface area contributed by atoms with Crippen LogP contribution in [0.2, 0.25) is 5.02 Å². The number of amides is 1. The molecule has 2 heterocycles. The van der Waals surface area contributed by atoms with E-state index < -0.39 is 0 Å². The first-order valence-corrected chi connectivity index (χ1v) is 7.15. The summed E-state index contributed by atoms with van der Waals surface area (Å²) in [6, 6.07) is 4.85. The highest BCUT2D eigenvalue weighted by molar-refractivity contribution is 6.31. The first-order chi connectivity index (χ1) is 10.0. The van der Waals surface area contributed by atoms with E-state index in [1.165, 1.54) is 0 Å². The minimum Gasteiger partial charge on any atom is -0.399 e. The van der Waals surface area contributed by atoms with E-state index in [1.54, 1.807) is 30.1 Å². The fourth-order valence-electron chi connectivity index (χ4n) is 2.57. The van der Waals surface area contributed by atoms with Gasteiger partial charge >= 0.3 is 0 Å². The molecule has 0 unspecified atom stereocenters. The van der Waals surface area contributed by atoms with E-state index in [1.807, 2.05) is 0 Å². The van der Waals surface area contributed by atoms with Crippen molar-refractivity contribution in [3.05, 3.63) is 40.4 Å². The first kappa shape index (κ1) is 13.9. The fraction of sp³-hybridized carbons (Fsp3) is 0.357. The highest BCUT2D eigenvalue weighted by Gasteiger charge is 2.20. The van der Waals surface area contributed by atoms with Gasteiger partial charge in [-0.15, -0.1) is 10.2 Å². The third kappa shape index (κ3) is 2.71. The standard InChI is InChI=1S/C14H16ClN5O/c1-19(8-13-18-17-12-3-2-4-20(12)13)14(21)9-5-10(15)7-11(16)6-9/h5-7H,2-4,8,16H2,1H3. The summed E-state index contributed by atoms with van der Waals surface area (Å²) < 4.78 is 2.08. The predicted octanol–water partition coefficient (Wildman–Crippen LogP) is 1.73. The molecule has 3 rings (SSSR count). The molecular formula is C14H16ClN5O. The zero-order valence-electron chi connectivity index (χ0n) is 11.7. The van der Waals surface area contributed by atoms with Crippen LogP contribution in [-0.4, -0.2) is 32.6 Å². The molecule has 1 amide bonds. The maximum atomic E-state index is 12.4. The lowest BCUT2D eigenvalue weighted by Crippen LogP contribution is -2.27. The van der Waals surface area contributed by atoms with Gasteiger partial charge in [0.25, 0.3) is 5.91 Å². The number of anilines is 1. The predicted molar refractivity (Wildman–Crippen MR) is 80.0 cm³/mol. The van der Waals surface area contributed by atoms with Gasteiger partial charge in [-0.25, -0.2) is 0 Å². The number of aryl methyl sites for hydroxylation is 1. The maximum absolute atomic E-state index is 12.4. The lowest BCUT2D eigenvalue weighted by molar-refractivity contribution is 0.0780. The van der Waals surface area contributed by atoms with Crippen molar-refractivity contribution in [2.75, 3.05) is 12.8 Å². The molecule has 0 saturated carbocycles. The van der Waals surface area contributed by atoms with E-state index in [2.05, 4.69) is 14.8 Å². The molecule has 0 spiro atoms. The minimum atomic E-state index is -0.139. The highest BCUT2D eigenvalue weighted by Crippen LogP contribution is 2.19. The van der Waals surface area contributed by atoms with Gasteiger partial charge in [-0.1, -0.05) is 11.6 Å². The molecule has 0 atom stereocenters. The third-order valence-corrected chi connectivity index (χ3v) is 3.80. The first-order valence-electron chi connectivity index (χ1n) is 6.77. The molecule has 1 aromatic carbocycles. The molecular weight excluding hydrogens is 290 g/mol. The Morgan fingerprint density at radius 1 is 1.43 bits per heavy atom. The molecule has 0 aliphatic carbocycles. The van der Waals surface area contributed by atoms with E-state index in [0.717, 1.165) is 31.0 Å². The molecule has 6 nitrogen and oxygen atoms in total. The normalized spacial score (nSPS) is 13.2. The minimum absolute atomic E-state index is 0.139. The summed E-state index contributed by atoms with van der Waals surface area (Å²) in [6.07, 6.45) is 2.04. The van der Waals surface area contributed by atoms with Crippen molar-refractivity contribution < 1.29 is 4.79 Å². The topological polar surface area (TPSA) is 77.0 Å². The number of rotatable bonds is 3. The number of nitrogen functional groups attached to an aromatic ring is 1. The lowest BCUT2D eigenvalue weighted by atomic mass is 10.2. The van der Waals surface area contributed by atoms with Crippen molar-refractivity contribution >= 4 is 23.2 Å². The molecule has 0 saturated heterocycles. The van der Waals surface area contributed by atoms with Crippen LogP contribution in [0.15, 0.2) is 18.2 Å². The van der Waals surface area contributed by atoms with Crippen LogP contribution in [0.25, 0.3) is 0 Å². The smallest absolute Gasteiger partial charge is 0.254 e. The van der Waals surface area contributed by atoms with Crippen LogP contribution in [0, 0.1) is 0 Å². The van der Waals surface area contributed by atoms with Gasteiger partial charge in [0.1, 0.15) is 5.82 Å². The number of halogens is 1. The van der Waals surface area contributed by atoms with Crippen molar-refractivity contribution in [2.45, 2.75) is 25.9 Å². The van der Waals surface area contributed by atoms with Gasteiger partial charge in [0.2, 0.25) is 0 Å². The third-order valence-electron chi connectivity index (χ3n) is 3.58. The Morgan fingerprint density at radius 3 is 3.00 bits per heavy atom. The van der Waals surface area contributed by atoms with E-state index in [-0.39, 0.29) is 5.91 Å². The van der Waals surface area contributed by atoms with Crippen molar-refractivity contribution in [2.24, 2.45) is 0 Å². The quantitative estimate of drug-likeness (QED) is 0.876. The molecule has 2 aromatic rings. The van der Waals surface area contributed by atoms with E-state index in [0.29, 0.717) is 22.8 Å². The second-order valence-corrected chi connectivity index (χ2v) is 5.66. The van der Waals surface area contributed by atoms with Gasteiger partial charge in [-0.3, -0.25) is 4.79 Å². The zero-order chi connectivity index (χ0) is 15.0. The Labute approximate surface area is 127 Å². The van der Waals surface area contributed by atoms with E-state index in [9.17, 15) is 4.79 Å². The molecule has 0 bridgehead atoms. The van der Waals surface area contributed by atoms with Gasteiger partial charge in [0.05, 0.1) is 6.54 Å². The summed E-state index contributed by atoms with van der Waals surface area (Å²) in [4.78, 5) is 14.0. The summed E-state index contributed by atoms with van der Waals surface area (Å²) in [5, 5.41) is 8.76. The lowest BCUT2D eigenvalue weighted by Gasteiger charge is -2.17. The molecule has 0 fully saturated rings. The molecule has 0 radical (unpaired) electrons. The van der Waals surface area contributed by atoms with Gasteiger partial charge in [-0.05, 0) is 24.6 Å². The summed E-state index contributed by atoms with van der Waals surface area (Å²) in [5.41, 5.74) is 6.68. The Kier molecular flexibility index (Phi) is 3.55. The number of carbonyl (C=O) groups is 1. The summed E-state index contributed by atoms with van der Waals surface area (Å²) in [7, 11) is 1.73. The van der Waals surface area contributed by atoms with Crippen LogP contribution in [0.4, 0.5) is 5.69 Å². The Hall–Kier alpha value is -2.08. The maximum Gasteiger partial charge on any atom is 0.254 e. The fourth-order valence-corrected chi connectivity index (χ4v) is 2.81. The van der Waals surface area contributed by atoms with Crippen LogP contribution < -0.4 is 5.73 Å². The van der Waals surface area contributed by atoms with E-state index in [4.69, 9.17) is 17.3 Å². The average molecular weight is 306 g/mol. The van der Waals surface area contributed by atoms with Crippen LogP contribution in [0.3, 0.4) is 0 Å². The second kappa shape index (κ2) is 5.37. The van der Waals surface area contributed by atoms with Gasteiger partial charge in [0, 0.05) is 36.3 Å². The Bertz CT molecular complexity index is 676. The van der Waals surface area contributed by atoms with E-state index >= 15 is 0 Å². The van der Waals surface area contributed by atoms with Crippen molar-refractivity contribution in [3.8, 4) is 0 Å². The van der Waals surface area contributed by atoms with Crippen molar-refractivity contribution in [1.29, 1.82) is 0 Å². The molecule has 1 aromatic heterocycles. The second-order valence-electron chi connectivity index (χ2n) is 5.22. The van der Waals surface area contributed by atoms with Crippen LogP contribution in [0.5, 0.6) is 0 Å². The summed E-state index contributed by atoms with van der Waals surface area (Å²) in [6.45, 7) is 1.34. The summed E-state index contributed by atoms with van der Waals surface area (Å²) in [5.74, 6) is 1.67. The number of fused-ring (bicyclic) bond motifs is 1. The number of carbonyl (C=O) groups excluding carboxylic acids is 1. The van der Waals surface area contributed by atoms with Crippen LogP contribution in [0.1, 0.15) is 28.4 Å². The number of nitrogens with two attached hydrogens (primary N) is 1. The zero-order valence-corrected chi connectivity index (χ0v) is 12.5. The SMILES string of the molecule is CN(Cc1nnc2n1CCC2)C(=O)c1cc(N)cc(Cl)c1. The number of nitrogens with zero attached hydrogens (tertiary/aromatic N) is 4. The molecule has 2 N–H and O–H groups in total. The van der Waals surface area contributed by atoms with Crippen LogP contribution in [-0.2, 0) is 19.5 Å². The molecule has 21 heavy (non-hydrogen) atoms. The number of benzene rings is 1. The number of aromatic nitrogens is 3. The number of hydrogen-bond donors (Lipinski definition) is 1. The molecule has 1 aliphatic heterocycles. The summed E-state index contributed by atoms with van der Waals surface area (Å²) >= 11 is 5.94. The van der Waals surface area contributed by atoms with Gasteiger partial charge in [0.15, 0.2) is 5.82 Å². The Balaban J connectivity index is 1.78. The van der Waals surface area contributed by atoms with Crippen LogP contribution >= 0.6 is 11.6 Å². The van der Waals surface area contributed by atoms with Crippen molar-refractivity contribution in [3.63, 3.8) is 0 Å².